The summed E-state index contributed by atoms with van der Waals surface area (Å²) in [5, 5.41) is 0. The molecule has 0 aromatic carbocycles. The molecule has 0 unspecified atom stereocenters. The van der Waals surface area contributed by atoms with Crippen molar-refractivity contribution in [2.45, 2.75) is 59.3 Å². The lowest BCUT2D eigenvalue weighted by Crippen LogP contribution is -2.50. The van der Waals surface area contributed by atoms with Gasteiger partial charge in [-0.15, -0.1) is 0 Å². The first kappa shape index (κ1) is 14.6. The highest BCUT2D eigenvalue weighted by atomic mass is 79.9. The summed E-state index contributed by atoms with van der Waals surface area (Å²) in [5.41, 5.74) is 0.465. The van der Waals surface area contributed by atoms with Gasteiger partial charge in [-0.1, -0.05) is 29.8 Å². The normalized spacial score (nSPS) is 13.3. The molecule has 14 heavy (non-hydrogen) atoms. The molecule has 0 aliphatic heterocycles. The van der Waals surface area contributed by atoms with E-state index in [0.717, 1.165) is 4.95 Å². The second kappa shape index (κ2) is 6.25. The van der Waals surface area contributed by atoms with E-state index in [1.807, 2.05) is 0 Å². The summed E-state index contributed by atoms with van der Waals surface area (Å²) in [5.74, 6) is 0. The molecule has 0 saturated carbocycles. The van der Waals surface area contributed by atoms with Crippen LogP contribution < -0.4 is 0 Å². The third kappa shape index (κ3) is 4.42. The molecule has 0 heterocycles. The summed E-state index contributed by atoms with van der Waals surface area (Å²) in [6, 6.07) is 0. The maximum absolute atomic E-state index is 6.03. The lowest BCUT2D eigenvalue weighted by molar-refractivity contribution is 0.103. The summed E-state index contributed by atoms with van der Waals surface area (Å²) >= 11 is 3.54. The SMILES string of the molecule is CC(C)O[Si](CBr)(OC(C)C)C(C)C. The molecule has 0 saturated heterocycles. The molecular formula is C10H23BrO2Si. The number of alkyl halides is 1. The summed E-state index contributed by atoms with van der Waals surface area (Å²) in [4.78, 5) is 0.841. The highest BCUT2D eigenvalue weighted by Crippen LogP contribution is 2.28. The Morgan fingerprint density at radius 3 is 1.43 bits per heavy atom. The minimum atomic E-state index is -2.06. The first-order valence-electron chi connectivity index (χ1n) is 5.25. The predicted octanol–water partition coefficient (Wildman–Crippen LogP) is 3.62. The van der Waals surface area contributed by atoms with E-state index in [4.69, 9.17) is 8.85 Å². The van der Waals surface area contributed by atoms with Gasteiger partial charge in [0.25, 0.3) is 0 Å². The molecule has 0 amide bonds. The van der Waals surface area contributed by atoms with Crippen LogP contribution in [0.25, 0.3) is 0 Å². The fourth-order valence-electron chi connectivity index (χ4n) is 1.32. The topological polar surface area (TPSA) is 18.5 Å². The minimum Gasteiger partial charge on any atom is -0.391 e. The maximum Gasteiger partial charge on any atom is 0.352 e. The van der Waals surface area contributed by atoms with Crippen LogP contribution in [0.15, 0.2) is 0 Å². The van der Waals surface area contributed by atoms with Crippen LogP contribution in [0.5, 0.6) is 0 Å². The van der Waals surface area contributed by atoms with Crippen molar-refractivity contribution in [1.29, 1.82) is 0 Å². The highest BCUT2D eigenvalue weighted by Gasteiger charge is 2.42. The number of halogens is 1. The third-order valence-electron chi connectivity index (χ3n) is 1.94. The van der Waals surface area contributed by atoms with Crippen LogP contribution in [0, 0.1) is 0 Å². The van der Waals surface area contributed by atoms with Crippen LogP contribution in [0.2, 0.25) is 5.54 Å². The van der Waals surface area contributed by atoms with Crippen molar-refractivity contribution in [1.82, 2.24) is 0 Å². The Kier molecular flexibility index (Phi) is 6.53. The van der Waals surface area contributed by atoms with Gasteiger partial charge in [0, 0.05) is 17.2 Å². The Morgan fingerprint density at radius 2 is 1.29 bits per heavy atom. The molecule has 4 heteroatoms. The molecule has 0 rings (SSSR count). The predicted molar refractivity (Wildman–Crippen MR) is 67.1 cm³/mol. The van der Waals surface area contributed by atoms with Gasteiger partial charge in [-0.2, -0.15) is 0 Å². The molecule has 86 valence electrons. The summed E-state index contributed by atoms with van der Waals surface area (Å²) in [6.45, 7) is 12.6. The summed E-state index contributed by atoms with van der Waals surface area (Å²) in [6.07, 6.45) is 0.473. The Balaban J connectivity index is 4.60. The van der Waals surface area contributed by atoms with Crippen molar-refractivity contribution in [3.8, 4) is 0 Å². The maximum atomic E-state index is 6.03. The molecule has 0 aliphatic carbocycles. The minimum absolute atomic E-state index is 0.236. The number of rotatable bonds is 6. The summed E-state index contributed by atoms with van der Waals surface area (Å²) < 4.78 is 12.1. The van der Waals surface area contributed by atoms with Gasteiger partial charge in [0.15, 0.2) is 0 Å². The number of hydrogen-bond donors (Lipinski definition) is 0. The zero-order valence-electron chi connectivity index (χ0n) is 10.1. The van der Waals surface area contributed by atoms with Crippen molar-refractivity contribution in [3.05, 3.63) is 0 Å². The van der Waals surface area contributed by atoms with Crippen LogP contribution in [-0.4, -0.2) is 25.7 Å². The zero-order valence-corrected chi connectivity index (χ0v) is 12.7. The zero-order chi connectivity index (χ0) is 11.4. The van der Waals surface area contributed by atoms with Crippen molar-refractivity contribution >= 4 is 24.5 Å². The van der Waals surface area contributed by atoms with Crippen LogP contribution in [0.3, 0.4) is 0 Å². The Morgan fingerprint density at radius 1 is 0.929 bits per heavy atom. The van der Waals surface area contributed by atoms with E-state index in [0.29, 0.717) is 5.54 Å². The van der Waals surface area contributed by atoms with Crippen molar-refractivity contribution in [2.24, 2.45) is 0 Å². The van der Waals surface area contributed by atoms with Gasteiger partial charge in [-0.05, 0) is 33.2 Å². The van der Waals surface area contributed by atoms with Gasteiger partial charge >= 0.3 is 8.56 Å². The smallest absolute Gasteiger partial charge is 0.352 e. The van der Waals surface area contributed by atoms with Gasteiger partial charge in [-0.25, -0.2) is 0 Å². The van der Waals surface area contributed by atoms with Gasteiger partial charge < -0.3 is 8.85 Å². The van der Waals surface area contributed by atoms with E-state index < -0.39 is 8.56 Å². The van der Waals surface area contributed by atoms with Gasteiger partial charge in [-0.3, -0.25) is 0 Å². The first-order chi connectivity index (χ1) is 6.34. The van der Waals surface area contributed by atoms with E-state index in [1.54, 1.807) is 0 Å². The van der Waals surface area contributed by atoms with Gasteiger partial charge in [0.1, 0.15) is 0 Å². The lowest BCUT2D eigenvalue weighted by Gasteiger charge is -2.35. The molecule has 0 radical (unpaired) electrons. The largest absolute Gasteiger partial charge is 0.391 e. The Labute approximate surface area is 97.7 Å². The molecule has 2 nitrogen and oxygen atoms in total. The highest BCUT2D eigenvalue weighted by molar-refractivity contribution is 9.09. The van der Waals surface area contributed by atoms with Crippen LogP contribution >= 0.6 is 15.9 Å². The Bertz CT molecular complexity index is 150. The summed E-state index contributed by atoms with van der Waals surface area (Å²) in [7, 11) is -2.06. The van der Waals surface area contributed by atoms with E-state index in [2.05, 4.69) is 57.5 Å². The van der Waals surface area contributed by atoms with E-state index >= 15 is 0 Å². The Hall–Kier alpha value is 0.617. The first-order valence-corrected chi connectivity index (χ1v) is 8.48. The third-order valence-corrected chi connectivity index (χ3v) is 8.15. The van der Waals surface area contributed by atoms with E-state index in [1.165, 1.54) is 0 Å². The number of hydrogen-bond acceptors (Lipinski definition) is 2. The van der Waals surface area contributed by atoms with Crippen LogP contribution in [0.1, 0.15) is 41.5 Å². The van der Waals surface area contributed by atoms with Crippen molar-refractivity contribution < 1.29 is 8.85 Å². The molecule has 0 spiro atoms. The van der Waals surface area contributed by atoms with Gasteiger partial charge in [0.2, 0.25) is 0 Å². The molecule has 0 atom stereocenters. The van der Waals surface area contributed by atoms with Crippen LogP contribution in [0.4, 0.5) is 0 Å². The monoisotopic (exact) mass is 282 g/mol. The molecule has 0 bridgehead atoms. The standard InChI is InChI=1S/C10H23BrO2Si/c1-8(2)12-14(7-11,10(5)6)13-9(3)4/h8-10H,7H2,1-6H3. The fraction of sp³-hybridized carbons (Fsp3) is 1.00. The molecule has 0 aromatic heterocycles. The molecule has 0 aromatic rings. The van der Waals surface area contributed by atoms with E-state index in [9.17, 15) is 0 Å². The molecular weight excluding hydrogens is 260 g/mol. The van der Waals surface area contributed by atoms with Crippen LogP contribution in [-0.2, 0) is 8.85 Å². The van der Waals surface area contributed by atoms with Gasteiger partial charge in [0.05, 0.1) is 0 Å². The molecule has 0 fully saturated rings. The average molecular weight is 283 g/mol. The van der Waals surface area contributed by atoms with Crippen molar-refractivity contribution in [3.63, 3.8) is 0 Å². The average Bonchev–Trinajstić information content (AvgIpc) is 2.00. The van der Waals surface area contributed by atoms with Crippen molar-refractivity contribution in [2.75, 3.05) is 4.95 Å². The quantitative estimate of drug-likeness (QED) is 0.547. The second-order valence-electron chi connectivity index (χ2n) is 4.43. The van der Waals surface area contributed by atoms with E-state index in [-0.39, 0.29) is 12.2 Å². The second-order valence-corrected chi connectivity index (χ2v) is 9.63. The fourth-order valence-corrected chi connectivity index (χ4v) is 6.68. The lowest BCUT2D eigenvalue weighted by atomic mass is 10.5. The molecule has 0 N–H and O–H groups in total. The molecule has 0 aliphatic rings.